The molecule has 0 spiro atoms. The Labute approximate surface area is 50.9 Å². The van der Waals surface area contributed by atoms with Crippen LogP contribution in [-0.2, 0) is 0 Å². The zero-order chi connectivity index (χ0) is 5.82. The summed E-state index contributed by atoms with van der Waals surface area (Å²) < 4.78 is 0. The van der Waals surface area contributed by atoms with Gasteiger partial charge in [-0.25, -0.2) is 0 Å². The van der Waals surface area contributed by atoms with Crippen LogP contribution in [0.3, 0.4) is 0 Å². The van der Waals surface area contributed by atoms with Gasteiger partial charge in [-0.3, -0.25) is 0 Å². The maximum absolute atomic E-state index is 2.28. The lowest BCUT2D eigenvalue weighted by atomic mass is 10.3. The van der Waals surface area contributed by atoms with E-state index < -0.39 is 0 Å². The second-order valence-corrected chi connectivity index (χ2v) is 2.25. The molecule has 0 amide bonds. The van der Waals surface area contributed by atoms with E-state index in [1.807, 2.05) is 6.92 Å². The van der Waals surface area contributed by atoms with Crippen molar-refractivity contribution in [1.29, 1.82) is 0 Å². The van der Waals surface area contributed by atoms with Crippen LogP contribution in [0.15, 0.2) is 24.3 Å². The highest BCUT2D eigenvalue weighted by Crippen LogP contribution is 2.29. The van der Waals surface area contributed by atoms with Crippen LogP contribution in [0.25, 0.3) is 0 Å². The van der Waals surface area contributed by atoms with Gasteiger partial charge in [0.05, 0.1) is 0 Å². The van der Waals surface area contributed by atoms with Crippen molar-refractivity contribution in [3.05, 3.63) is 24.3 Å². The van der Waals surface area contributed by atoms with E-state index in [1.165, 1.54) is 12.8 Å². The normalized spacial score (nSPS) is 21.1. The first-order valence-electron chi connectivity index (χ1n) is 3.23. The lowest BCUT2D eigenvalue weighted by Crippen LogP contribution is -1.57. The van der Waals surface area contributed by atoms with Crippen LogP contribution in [0.5, 0.6) is 0 Å². The molecule has 0 heteroatoms. The zero-order valence-electron chi connectivity index (χ0n) is 5.30. The van der Waals surface area contributed by atoms with E-state index in [2.05, 4.69) is 24.3 Å². The quantitative estimate of drug-likeness (QED) is 0.477. The van der Waals surface area contributed by atoms with Crippen LogP contribution < -0.4 is 0 Å². The first kappa shape index (κ1) is 5.61. The third-order valence-electron chi connectivity index (χ3n) is 1.31. The Kier molecular flexibility index (Phi) is 1.90. The minimum Gasteiger partial charge on any atom is -0.0877 e. The second-order valence-electron chi connectivity index (χ2n) is 2.25. The molecule has 0 aliphatic heterocycles. The topological polar surface area (TPSA) is 0 Å². The van der Waals surface area contributed by atoms with Crippen molar-refractivity contribution in [2.24, 2.45) is 5.92 Å². The number of hydrogen-bond donors (Lipinski definition) is 0. The van der Waals surface area contributed by atoms with E-state index in [9.17, 15) is 0 Å². The van der Waals surface area contributed by atoms with Crippen LogP contribution in [0.4, 0.5) is 0 Å². The van der Waals surface area contributed by atoms with Gasteiger partial charge in [0.1, 0.15) is 0 Å². The maximum Gasteiger partial charge on any atom is -0.0230 e. The van der Waals surface area contributed by atoms with Crippen LogP contribution in [-0.4, -0.2) is 0 Å². The van der Waals surface area contributed by atoms with E-state index in [0.717, 1.165) is 5.92 Å². The zero-order valence-corrected chi connectivity index (χ0v) is 5.30. The molecule has 0 atom stereocenters. The minimum absolute atomic E-state index is 0.922. The Balaban J connectivity index is 2.13. The van der Waals surface area contributed by atoms with Crippen molar-refractivity contribution in [1.82, 2.24) is 0 Å². The van der Waals surface area contributed by atoms with Crippen LogP contribution in [0.2, 0.25) is 0 Å². The largest absolute Gasteiger partial charge is 0.0877 e. The van der Waals surface area contributed by atoms with Gasteiger partial charge in [0.2, 0.25) is 0 Å². The van der Waals surface area contributed by atoms with Crippen molar-refractivity contribution in [2.45, 2.75) is 19.8 Å². The molecule has 0 heterocycles. The van der Waals surface area contributed by atoms with Gasteiger partial charge in [0.25, 0.3) is 0 Å². The summed E-state index contributed by atoms with van der Waals surface area (Å²) in [6.07, 6.45) is 11.4. The van der Waals surface area contributed by atoms with E-state index >= 15 is 0 Å². The fourth-order valence-corrected chi connectivity index (χ4v) is 0.621. The first-order valence-corrected chi connectivity index (χ1v) is 3.23. The summed E-state index contributed by atoms with van der Waals surface area (Å²) in [6.45, 7) is 2.04. The van der Waals surface area contributed by atoms with Crippen molar-refractivity contribution >= 4 is 0 Å². The second kappa shape index (κ2) is 2.71. The molecule has 1 rings (SSSR count). The molecule has 1 fully saturated rings. The van der Waals surface area contributed by atoms with Crippen molar-refractivity contribution in [2.75, 3.05) is 0 Å². The van der Waals surface area contributed by atoms with Gasteiger partial charge in [-0.15, -0.1) is 0 Å². The molecule has 44 valence electrons. The molecule has 0 aromatic heterocycles. The highest BCUT2D eigenvalue weighted by Gasteiger charge is 2.16. The Morgan fingerprint density at radius 2 is 2.00 bits per heavy atom. The minimum atomic E-state index is 0.922. The fraction of sp³-hybridized carbons (Fsp3) is 0.500. The summed E-state index contributed by atoms with van der Waals surface area (Å²) in [5, 5.41) is 0. The molecule has 1 aliphatic carbocycles. The molecule has 1 saturated carbocycles. The highest BCUT2D eigenvalue weighted by atomic mass is 14.2. The lowest BCUT2D eigenvalue weighted by Gasteiger charge is -1.73. The molecule has 0 aromatic rings. The molecule has 0 bridgehead atoms. The molecule has 0 nitrogen and oxygen atoms in total. The monoisotopic (exact) mass is 108 g/mol. The summed E-state index contributed by atoms with van der Waals surface area (Å²) in [5.41, 5.74) is 0. The Bertz CT molecular complexity index is 105. The Hall–Kier alpha value is -0.520. The van der Waals surface area contributed by atoms with Crippen LogP contribution in [0.1, 0.15) is 19.8 Å². The Morgan fingerprint density at radius 1 is 1.25 bits per heavy atom. The van der Waals surface area contributed by atoms with E-state index in [1.54, 1.807) is 0 Å². The molecular formula is C8H12. The van der Waals surface area contributed by atoms with Crippen LogP contribution in [0, 0.1) is 5.92 Å². The number of allylic oxidation sites excluding steroid dienone is 4. The van der Waals surface area contributed by atoms with Crippen molar-refractivity contribution in [3.63, 3.8) is 0 Å². The lowest BCUT2D eigenvalue weighted by molar-refractivity contribution is 1.12. The third kappa shape index (κ3) is 1.97. The summed E-state index contributed by atoms with van der Waals surface area (Å²) in [7, 11) is 0. The van der Waals surface area contributed by atoms with Crippen molar-refractivity contribution < 1.29 is 0 Å². The van der Waals surface area contributed by atoms with Gasteiger partial charge in [-0.1, -0.05) is 24.3 Å². The standard InChI is InChI=1S/C8H12/c1-2-3-4-5-8-6-7-8/h2-5,8H,6-7H2,1H3/b3-2+,5-4-. The predicted molar refractivity (Wildman–Crippen MR) is 36.7 cm³/mol. The van der Waals surface area contributed by atoms with Gasteiger partial charge < -0.3 is 0 Å². The molecule has 0 saturated heterocycles. The van der Waals surface area contributed by atoms with Crippen molar-refractivity contribution in [3.8, 4) is 0 Å². The summed E-state index contributed by atoms with van der Waals surface area (Å²) in [6, 6.07) is 0. The average molecular weight is 108 g/mol. The third-order valence-corrected chi connectivity index (χ3v) is 1.31. The first-order chi connectivity index (χ1) is 3.93. The molecule has 8 heavy (non-hydrogen) atoms. The van der Waals surface area contributed by atoms with Gasteiger partial charge >= 0.3 is 0 Å². The van der Waals surface area contributed by atoms with E-state index in [-0.39, 0.29) is 0 Å². The SMILES string of the molecule is C/C=C/C=C\C1CC1. The Morgan fingerprint density at radius 3 is 2.50 bits per heavy atom. The molecule has 0 unspecified atom stereocenters. The fourth-order valence-electron chi connectivity index (χ4n) is 0.621. The molecule has 1 aliphatic rings. The number of hydrogen-bond acceptors (Lipinski definition) is 0. The van der Waals surface area contributed by atoms with Gasteiger partial charge in [0.15, 0.2) is 0 Å². The molecule has 0 radical (unpaired) electrons. The summed E-state index contributed by atoms with van der Waals surface area (Å²) >= 11 is 0. The average Bonchev–Trinajstić information content (AvgIpc) is 2.51. The summed E-state index contributed by atoms with van der Waals surface area (Å²) in [4.78, 5) is 0. The molecule has 0 aromatic carbocycles. The maximum atomic E-state index is 2.28. The van der Waals surface area contributed by atoms with E-state index in [0.29, 0.717) is 0 Å². The van der Waals surface area contributed by atoms with Gasteiger partial charge in [-0.2, -0.15) is 0 Å². The highest BCUT2D eigenvalue weighted by molar-refractivity contribution is 5.06. The van der Waals surface area contributed by atoms with Gasteiger partial charge in [-0.05, 0) is 25.7 Å². The predicted octanol–water partition coefficient (Wildman–Crippen LogP) is 2.53. The van der Waals surface area contributed by atoms with Crippen LogP contribution >= 0.6 is 0 Å². The summed E-state index contributed by atoms with van der Waals surface area (Å²) in [5.74, 6) is 0.922. The number of rotatable bonds is 2. The van der Waals surface area contributed by atoms with Gasteiger partial charge in [0, 0.05) is 0 Å². The molecule has 0 N–H and O–H groups in total. The van der Waals surface area contributed by atoms with E-state index in [4.69, 9.17) is 0 Å². The smallest absolute Gasteiger partial charge is 0.0230 e. The molecular weight excluding hydrogens is 96.1 g/mol.